The second-order valence-corrected chi connectivity index (χ2v) is 3.61. The van der Waals surface area contributed by atoms with Crippen molar-refractivity contribution < 1.29 is 9.66 Å². The Kier molecular flexibility index (Phi) is 2.55. The highest BCUT2D eigenvalue weighted by Crippen LogP contribution is 2.29. The Labute approximate surface area is 87.0 Å². The van der Waals surface area contributed by atoms with Gasteiger partial charge in [-0.3, -0.25) is 10.1 Å². The van der Waals surface area contributed by atoms with Crippen LogP contribution in [0.1, 0.15) is 18.4 Å². The van der Waals surface area contributed by atoms with E-state index in [-0.39, 0.29) is 18.3 Å². The van der Waals surface area contributed by atoms with E-state index in [1.165, 1.54) is 12.1 Å². The van der Waals surface area contributed by atoms with Crippen molar-refractivity contribution in [3.63, 3.8) is 0 Å². The van der Waals surface area contributed by atoms with Crippen LogP contribution in [0.4, 0.5) is 5.69 Å². The van der Waals surface area contributed by atoms with Crippen molar-refractivity contribution in [2.24, 2.45) is 5.73 Å². The summed E-state index contributed by atoms with van der Waals surface area (Å²) in [7, 11) is 0. The molecule has 0 aromatic heterocycles. The van der Waals surface area contributed by atoms with Crippen molar-refractivity contribution >= 4 is 5.69 Å². The van der Waals surface area contributed by atoms with E-state index in [1.807, 2.05) is 0 Å². The van der Waals surface area contributed by atoms with Crippen LogP contribution in [-0.4, -0.2) is 11.0 Å². The van der Waals surface area contributed by atoms with E-state index >= 15 is 0 Å². The molecule has 5 heteroatoms. The lowest BCUT2D eigenvalue weighted by atomic mass is 10.2. The number of non-ortho nitro benzene ring substituents is 1. The van der Waals surface area contributed by atoms with Crippen LogP contribution in [0.25, 0.3) is 0 Å². The molecule has 2 rings (SSSR count). The number of nitro benzene ring substituents is 1. The number of hydrogen-bond acceptors (Lipinski definition) is 4. The topological polar surface area (TPSA) is 78.4 Å². The molecule has 0 bridgehead atoms. The number of nitrogens with two attached hydrogens (primary N) is 1. The fraction of sp³-hybridized carbons (Fsp3) is 0.400. The summed E-state index contributed by atoms with van der Waals surface area (Å²) in [6, 6.07) is 4.67. The maximum absolute atomic E-state index is 10.6. The van der Waals surface area contributed by atoms with E-state index in [1.54, 1.807) is 6.07 Å². The van der Waals surface area contributed by atoms with Gasteiger partial charge < -0.3 is 10.5 Å². The van der Waals surface area contributed by atoms with Crippen LogP contribution in [0.3, 0.4) is 0 Å². The normalized spacial score (nSPS) is 15.0. The minimum Gasteiger partial charge on any atom is -0.490 e. The zero-order valence-corrected chi connectivity index (χ0v) is 8.18. The van der Waals surface area contributed by atoms with Crippen LogP contribution >= 0.6 is 0 Å². The van der Waals surface area contributed by atoms with Crippen LogP contribution in [0.5, 0.6) is 5.75 Å². The highest BCUT2D eigenvalue weighted by Gasteiger charge is 2.24. The fourth-order valence-corrected chi connectivity index (χ4v) is 1.31. The Morgan fingerprint density at radius 3 is 2.73 bits per heavy atom. The smallest absolute Gasteiger partial charge is 0.273 e. The Bertz CT molecular complexity index is 388. The number of rotatable bonds is 4. The van der Waals surface area contributed by atoms with E-state index in [0.717, 1.165) is 18.4 Å². The van der Waals surface area contributed by atoms with E-state index in [9.17, 15) is 10.1 Å². The van der Waals surface area contributed by atoms with E-state index in [4.69, 9.17) is 10.5 Å². The molecule has 0 amide bonds. The van der Waals surface area contributed by atoms with Crippen molar-refractivity contribution in [1.29, 1.82) is 0 Å². The van der Waals surface area contributed by atoms with Gasteiger partial charge in [-0.15, -0.1) is 0 Å². The van der Waals surface area contributed by atoms with E-state index in [0.29, 0.717) is 5.75 Å². The van der Waals surface area contributed by atoms with Gasteiger partial charge >= 0.3 is 0 Å². The van der Waals surface area contributed by atoms with E-state index < -0.39 is 4.92 Å². The Balaban J connectivity index is 2.27. The molecule has 1 fully saturated rings. The Hall–Kier alpha value is -1.62. The van der Waals surface area contributed by atoms with Crippen LogP contribution < -0.4 is 10.5 Å². The molecule has 0 atom stereocenters. The van der Waals surface area contributed by atoms with Gasteiger partial charge in [0.2, 0.25) is 0 Å². The number of hydrogen-bond donors (Lipinski definition) is 1. The van der Waals surface area contributed by atoms with Crippen molar-refractivity contribution in [3.05, 3.63) is 33.9 Å². The van der Waals surface area contributed by atoms with Crippen LogP contribution in [0.15, 0.2) is 18.2 Å². The van der Waals surface area contributed by atoms with Crippen molar-refractivity contribution in [3.8, 4) is 5.75 Å². The summed E-state index contributed by atoms with van der Waals surface area (Å²) < 4.78 is 5.50. The Morgan fingerprint density at radius 1 is 1.47 bits per heavy atom. The lowest BCUT2D eigenvalue weighted by molar-refractivity contribution is -0.385. The van der Waals surface area contributed by atoms with Gasteiger partial charge in [-0.25, -0.2) is 0 Å². The second-order valence-electron chi connectivity index (χ2n) is 3.61. The summed E-state index contributed by atoms with van der Waals surface area (Å²) in [6.07, 6.45) is 2.29. The summed E-state index contributed by atoms with van der Waals surface area (Å²) in [5, 5.41) is 10.6. The predicted molar refractivity (Wildman–Crippen MR) is 54.6 cm³/mol. The molecule has 80 valence electrons. The first-order valence-corrected chi connectivity index (χ1v) is 4.84. The van der Waals surface area contributed by atoms with E-state index in [2.05, 4.69) is 0 Å². The molecule has 1 aromatic rings. The first-order valence-electron chi connectivity index (χ1n) is 4.84. The largest absolute Gasteiger partial charge is 0.490 e. The number of ether oxygens (including phenoxy) is 1. The van der Waals surface area contributed by atoms with Crippen molar-refractivity contribution in [2.45, 2.75) is 25.5 Å². The van der Waals surface area contributed by atoms with Crippen molar-refractivity contribution in [2.75, 3.05) is 0 Å². The molecule has 5 nitrogen and oxygen atoms in total. The molecule has 15 heavy (non-hydrogen) atoms. The van der Waals surface area contributed by atoms with Gasteiger partial charge in [-0.05, 0) is 24.5 Å². The quantitative estimate of drug-likeness (QED) is 0.602. The highest BCUT2D eigenvalue weighted by molar-refractivity contribution is 5.43. The molecule has 2 N–H and O–H groups in total. The van der Waals surface area contributed by atoms with Gasteiger partial charge in [0.1, 0.15) is 5.75 Å². The third-order valence-corrected chi connectivity index (χ3v) is 2.22. The van der Waals surface area contributed by atoms with Crippen LogP contribution in [0, 0.1) is 10.1 Å². The standard InChI is InChI=1S/C10H12N2O3/c11-6-7-3-8(12(13)14)5-10(4-7)15-9-1-2-9/h3-5,9H,1-2,6,11H2. The van der Waals surface area contributed by atoms with Gasteiger partial charge in [-0.2, -0.15) is 0 Å². The van der Waals surface area contributed by atoms with Gasteiger partial charge in [0.15, 0.2) is 0 Å². The fourth-order valence-electron chi connectivity index (χ4n) is 1.31. The average Bonchev–Trinajstić information content (AvgIpc) is 3.01. The lowest BCUT2D eigenvalue weighted by Gasteiger charge is -2.05. The summed E-state index contributed by atoms with van der Waals surface area (Å²) >= 11 is 0. The lowest BCUT2D eigenvalue weighted by Crippen LogP contribution is -2.01. The monoisotopic (exact) mass is 208 g/mol. The first kappa shape index (κ1) is 9.92. The molecule has 1 aliphatic carbocycles. The van der Waals surface area contributed by atoms with Crippen LogP contribution in [-0.2, 0) is 6.54 Å². The van der Waals surface area contributed by atoms with Gasteiger partial charge in [0, 0.05) is 12.6 Å². The van der Waals surface area contributed by atoms with Gasteiger partial charge in [-0.1, -0.05) is 0 Å². The molecule has 1 aromatic carbocycles. The Morgan fingerprint density at radius 2 is 2.20 bits per heavy atom. The summed E-state index contributed by atoms with van der Waals surface area (Å²) in [6.45, 7) is 0.280. The molecule has 0 radical (unpaired) electrons. The first-order chi connectivity index (χ1) is 7.19. The molecule has 0 saturated heterocycles. The minimum atomic E-state index is -0.432. The third kappa shape index (κ3) is 2.44. The van der Waals surface area contributed by atoms with Gasteiger partial charge in [0.25, 0.3) is 5.69 Å². The third-order valence-electron chi connectivity index (χ3n) is 2.22. The number of benzene rings is 1. The maximum atomic E-state index is 10.6. The van der Waals surface area contributed by atoms with Crippen molar-refractivity contribution in [1.82, 2.24) is 0 Å². The molecule has 1 aliphatic rings. The molecule has 0 aliphatic heterocycles. The zero-order chi connectivity index (χ0) is 10.8. The summed E-state index contributed by atoms with van der Waals surface area (Å²) in [5.41, 5.74) is 6.21. The number of nitro groups is 1. The zero-order valence-electron chi connectivity index (χ0n) is 8.18. The van der Waals surface area contributed by atoms with Crippen LogP contribution in [0.2, 0.25) is 0 Å². The predicted octanol–water partition coefficient (Wildman–Crippen LogP) is 1.59. The summed E-state index contributed by atoms with van der Waals surface area (Å²) in [5.74, 6) is 0.548. The summed E-state index contributed by atoms with van der Waals surface area (Å²) in [4.78, 5) is 10.2. The molecule has 1 saturated carbocycles. The molecule has 0 unspecified atom stereocenters. The SMILES string of the molecule is NCc1cc(OC2CC2)cc([N+](=O)[O-])c1. The maximum Gasteiger partial charge on any atom is 0.273 e. The number of nitrogens with zero attached hydrogens (tertiary/aromatic N) is 1. The second kappa shape index (κ2) is 3.86. The average molecular weight is 208 g/mol. The van der Waals surface area contributed by atoms with Gasteiger partial charge in [0.05, 0.1) is 17.1 Å². The minimum absolute atomic E-state index is 0.0357. The highest BCUT2D eigenvalue weighted by atomic mass is 16.6. The molecular formula is C10H12N2O3. The molecule has 0 heterocycles. The molecular weight excluding hydrogens is 196 g/mol. The molecule has 0 spiro atoms.